The number of Topliss-reactive ketones (excluding diaryl/α,β-unsaturated/α-hetero) is 3. The molecular weight excluding hydrogens is 1100 g/mol. The molecule has 3 saturated carbocycles. The van der Waals surface area contributed by atoms with Gasteiger partial charge in [0, 0.05) is 29.4 Å². The lowest BCUT2D eigenvalue weighted by Crippen LogP contribution is -2.64. The average Bonchev–Trinajstić information content (AvgIpc) is 2.20. The molecule has 11 rings (SSSR count). The van der Waals surface area contributed by atoms with Gasteiger partial charge in [-0.3, -0.25) is 14.4 Å². The van der Waals surface area contributed by atoms with Gasteiger partial charge in [-0.25, -0.2) is 0 Å². The normalized spacial score (nSPS) is 25.0. The van der Waals surface area contributed by atoms with Gasteiger partial charge in [0.1, 0.15) is 48.8 Å². The molecule has 0 aliphatic heterocycles. The minimum Gasteiger partial charge on any atom is -0.370 e. The maximum atomic E-state index is 15.6. The molecule has 0 heterocycles. The largest absolute Gasteiger partial charge is 0.370 e. The smallest absolute Gasteiger partial charge is 0.167 e. The first-order valence-corrected chi connectivity index (χ1v) is 30.5. The van der Waals surface area contributed by atoms with E-state index in [4.69, 9.17) is 42.6 Å². The van der Waals surface area contributed by atoms with E-state index in [9.17, 15) is 4.79 Å². The summed E-state index contributed by atoms with van der Waals surface area (Å²) >= 11 is 1.57. The molecule has 8 aromatic rings. The Bertz CT molecular complexity index is 3310. The van der Waals surface area contributed by atoms with E-state index in [-0.39, 0.29) is 88.1 Å². The van der Waals surface area contributed by atoms with E-state index in [1.165, 1.54) is 0 Å². The number of carbonyl (C=O) groups excluding carboxylic acids is 3. The first-order chi connectivity index (χ1) is 42.4. The highest BCUT2D eigenvalue weighted by Gasteiger charge is 2.55. The zero-order valence-electron chi connectivity index (χ0n) is 47.9. The zero-order chi connectivity index (χ0) is 58.7. The molecule has 13 heteroatoms. The predicted octanol–water partition coefficient (Wildman–Crippen LogP) is 12.7. The third-order valence-corrected chi connectivity index (χ3v) is 17.1. The van der Waals surface area contributed by atoms with Crippen LogP contribution in [0.4, 0.5) is 0 Å². The quantitative estimate of drug-likeness (QED) is 0.0484. The standard InChI is InChI=1S/C73H72O12S/c74-59-41-62(68(78-45-52-27-11-2-12-28-52)71(81-48-55-33-17-5-18-34-55)65(59)77-44-51-25-9-1-10-26-51)84-66-60(75)42-63(69(79-46-53-29-13-3-14-30-53)72(66)82-49-56-35-19-6-20-36-56)85-67-61(76)43-64(86-58-39-23-8-24-40-58)70(80-47-54-31-15-4-16-32-54)73(67)83-50-57-37-21-7-22-38-57/h1-40,62-73H,41-50H2/t62-,63-,64+,65+,66+,67+,68-,69-,70-,71-,72-,73-/m0/s1. The van der Waals surface area contributed by atoms with E-state index in [0.29, 0.717) is 0 Å². The van der Waals surface area contributed by atoms with Crippen LogP contribution < -0.4 is 0 Å². The Labute approximate surface area is 508 Å². The molecule has 0 N–H and O–H groups in total. The van der Waals surface area contributed by atoms with Gasteiger partial charge in [-0.15, -0.1) is 11.8 Å². The van der Waals surface area contributed by atoms with E-state index < -0.39 is 67.1 Å². The number of rotatable bonds is 27. The van der Waals surface area contributed by atoms with E-state index in [2.05, 4.69) is 0 Å². The first-order valence-electron chi connectivity index (χ1n) is 29.6. The second-order valence-corrected chi connectivity index (χ2v) is 23.3. The molecule has 3 aliphatic carbocycles. The Hall–Kier alpha value is -7.24. The SMILES string of the molecule is O=C1C[C@H](O[C@@H]2C(=O)C[C@H](O[C@@H]3C(=O)C[C@@H](Sc4ccccc4)[C@H](OCc4ccccc4)[C@H]3OCc3ccccc3)[C@H](OCc3ccccc3)[C@H]2OCc2ccccc2)[C@H](OCc2ccccc2)[C@@H](OCc2ccccc2)[C@@H]1OCc1ccccc1. The van der Waals surface area contributed by atoms with Gasteiger partial charge < -0.3 is 42.6 Å². The highest BCUT2D eigenvalue weighted by molar-refractivity contribution is 8.00. The van der Waals surface area contributed by atoms with E-state index >= 15 is 9.59 Å². The number of carbonyl (C=O) groups is 3. The molecule has 3 fully saturated rings. The van der Waals surface area contributed by atoms with E-state index in [0.717, 1.165) is 43.8 Å². The minimum atomic E-state index is -1.32. The fourth-order valence-electron chi connectivity index (χ4n) is 11.4. The molecule has 0 bridgehead atoms. The summed E-state index contributed by atoms with van der Waals surface area (Å²) in [5.41, 5.74) is 6.22. The highest BCUT2D eigenvalue weighted by atomic mass is 32.2. The van der Waals surface area contributed by atoms with Crippen LogP contribution in [0, 0.1) is 0 Å². The highest BCUT2D eigenvalue weighted by Crippen LogP contribution is 2.41. The third kappa shape index (κ3) is 16.4. The summed E-state index contributed by atoms with van der Waals surface area (Å²) in [6, 6.07) is 78.2. The molecule has 0 saturated heterocycles. The molecule has 8 aromatic carbocycles. The fraction of sp³-hybridized carbons (Fsp3) is 0.301. The summed E-state index contributed by atoms with van der Waals surface area (Å²) < 4.78 is 62.8. The Kier molecular flexibility index (Phi) is 21.7. The van der Waals surface area contributed by atoms with Crippen molar-refractivity contribution in [3.63, 3.8) is 0 Å². The van der Waals surface area contributed by atoms with Crippen LogP contribution in [0.15, 0.2) is 248 Å². The van der Waals surface area contributed by atoms with Crippen molar-refractivity contribution in [1.82, 2.24) is 0 Å². The minimum absolute atomic E-state index is 0.0608. The molecule has 86 heavy (non-hydrogen) atoms. The number of hydrogen-bond acceptors (Lipinski definition) is 13. The fourth-order valence-corrected chi connectivity index (χ4v) is 12.7. The predicted molar refractivity (Wildman–Crippen MR) is 327 cm³/mol. The topological polar surface area (TPSA) is 134 Å². The second kappa shape index (κ2) is 30.9. The Morgan fingerprint density at radius 1 is 0.267 bits per heavy atom. The average molecular weight is 1170 g/mol. The summed E-state index contributed by atoms with van der Waals surface area (Å²) in [6.07, 6.45) is -11.7. The summed E-state index contributed by atoms with van der Waals surface area (Å²) in [5.74, 6) is -0.836. The summed E-state index contributed by atoms with van der Waals surface area (Å²) in [7, 11) is 0. The van der Waals surface area contributed by atoms with Gasteiger partial charge in [-0.05, 0) is 51.1 Å². The summed E-state index contributed by atoms with van der Waals surface area (Å²) in [4.78, 5) is 46.8. The number of thioether (sulfide) groups is 1. The van der Waals surface area contributed by atoms with E-state index in [1.54, 1.807) is 11.8 Å². The van der Waals surface area contributed by atoms with Crippen LogP contribution in [0.3, 0.4) is 0 Å². The summed E-state index contributed by atoms with van der Waals surface area (Å²) in [5, 5.41) is -0.369. The lowest BCUT2D eigenvalue weighted by molar-refractivity contribution is -0.251. The maximum absolute atomic E-state index is 15.6. The molecular formula is C73H72O12S. The van der Waals surface area contributed by atoms with Crippen molar-refractivity contribution in [2.24, 2.45) is 0 Å². The number of ketones is 3. The molecule has 442 valence electrons. The van der Waals surface area contributed by atoms with Crippen molar-refractivity contribution >= 4 is 29.1 Å². The van der Waals surface area contributed by atoms with Crippen molar-refractivity contribution in [2.45, 2.75) is 143 Å². The summed E-state index contributed by atoms with van der Waals surface area (Å²) in [6.45, 7) is 0.998. The van der Waals surface area contributed by atoms with Gasteiger partial charge in [-0.1, -0.05) is 231 Å². The molecule has 12 nitrogen and oxygen atoms in total. The maximum Gasteiger partial charge on any atom is 0.167 e. The number of hydrogen-bond donors (Lipinski definition) is 0. The molecule has 0 unspecified atom stereocenters. The van der Waals surface area contributed by atoms with E-state index in [1.807, 2.05) is 243 Å². The molecule has 0 amide bonds. The molecule has 0 aromatic heterocycles. The van der Waals surface area contributed by atoms with Crippen LogP contribution in [0.2, 0.25) is 0 Å². The lowest BCUT2D eigenvalue weighted by Gasteiger charge is -2.47. The van der Waals surface area contributed by atoms with Crippen LogP contribution >= 0.6 is 11.8 Å². The van der Waals surface area contributed by atoms with Gasteiger partial charge in [0.2, 0.25) is 0 Å². The lowest BCUT2D eigenvalue weighted by atomic mass is 9.84. The Morgan fingerprint density at radius 2 is 0.512 bits per heavy atom. The van der Waals surface area contributed by atoms with Crippen molar-refractivity contribution in [1.29, 1.82) is 0 Å². The molecule has 3 aliphatic rings. The van der Waals surface area contributed by atoms with Gasteiger partial charge >= 0.3 is 0 Å². The van der Waals surface area contributed by atoms with Crippen molar-refractivity contribution < 1.29 is 57.0 Å². The number of ether oxygens (including phenoxy) is 9. The van der Waals surface area contributed by atoms with Crippen LogP contribution in [0.25, 0.3) is 0 Å². The van der Waals surface area contributed by atoms with Crippen molar-refractivity contribution in [3.8, 4) is 0 Å². The van der Waals surface area contributed by atoms with Crippen molar-refractivity contribution in [3.05, 3.63) is 282 Å². The van der Waals surface area contributed by atoms with Crippen LogP contribution in [0.5, 0.6) is 0 Å². The van der Waals surface area contributed by atoms with Crippen LogP contribution in [-0.2, 0) is 103 Å². The van der Waals surface area contributed by atoms with Crippen LogP contribution in [0.1, 0.15) is 58.2 Å². The third-order valence-electron chi connectivity index (χ3n) is 15.8. The Balaban J connectivity index is 0.955. The second-order valence-electron chi connectivity index (χ2n) is 22.0. The monoisotopic (exact) mass is 1170 g/mol. The Morgan fingerprint density at radius 3 is 0.849 bits per heavy atom. The zero-order valence-corrected chi connectivity index (χ0v) is 48.7. The number of benzene rings is 8. The van der Waals surface area contributed by atoms with Gasteiger partial charge in [0.25, 0.3) is 0 Å². The van der Waals surface area contributed by atoms with Gasteiger partial charge in [-0.2, -0.15) is 0 Å². The molecule has 0 spiro atoms. The van der Waals surface area contributed by atoms with Gasteiger partial charge in [0.05, 0.1) is 64.6 Å². The van der Waals surface area contributed by atoms with Crippen molar-refractivity contribution in [2.75, 3.05) is 0 Å². The van der Waals surface area contributed by atoms with Gasteiger partial charge in [0.15, 0.2) is 17.3 Å². The molecule has 0 radical (unpaired) electrons. The van der Waals surface area contributed by atoms with Crippen LogP contribution in [-0.4, -0.2) is 89.7 Å². The molecule has 12 atom stereocenters. The first kappa shape index (κ1) is 60.4.